The average Bonchev–Trinajstić information content (AvgIpc) is 2.89. The second-order valence-corrected chi connectivity index (χ2v) is 4.76. The van der Waals surface area contributed by atoms with Gasteiger partial charge in [0.05, 0.1) is 11.8 Å². The third kappa shape index (κ3) is 4.32. The van der Waals surface area contributed by atoms with E-state index < -0.39 is 17.7 Å². The fraction of sp³-hybridized carbons (Fsp3) is 0.125. The van der Waals surface area contributed by atoms with Gasteiger partial charge in [-0.05, 0) is 23.3 Å². The minimum atomic E-state index is -4.40. The third-order valence-corrected chi connectivity index (χ3v) is 3.04. The Hall–Kier alpha value is -2.83. The minimum Gasteiger partial charge on any atom is -0.478 e. The Morgan fingerprint density at radius 1 is 1.22 bits per heavy atom. The lowest BCUT2D eigenvalue weighted by atomic mass is 9.99. The molecule has 0 unspecified atom stereocenters. The second kappa shape index (κ2) is 6.51. The lowest BCUT2D eigenvalue weighted by molar-refractivity contribution is -0.137. The number of aliphatic carboxylic acids is 1. The molecule has 2 aromatic rings. The molecule has 1 aromatic heterocycles. The van der Waals surface area contributed by atoms with Crippen LogP contribution in [0, 0.1) is 0 Å². The summed E-state index contributed by atoms with van der Waals surface area (Å²) in [7, 11) is 1.71. The number of hydrogen-bond donors (Lipinski definition) is 1. The maximum atomic E-state index is 12.6. The lowest BCUT2D eigenvalue weighted by Crippen LogP contribution is -2.04. The van der Waals surface area contributed by atoms with Crippen LogP contribution in [0.2, 0.25) is 0 Å². The Morgan fingerprint density at radius 2 is 1.87 bits per heavy atom. The summed E-state index contributed by atoms with van der Waals surface area (Å²) in [4.78, 5) is 10.6. The number of carbonyl (C=O) groups is 1. The van der Waals surface area contributed by atoms with Gasteiger partial charge in [0, 0.05) is 24.9 Å². The molecule has 0 saturated heterocycles. The maximum absolute atomic E-state index is 12.6. The smallest absolute Gasteiger partial charge is 0.416 e. The van der Waals surface area contributed by atoms with Gasteiger partial charge in [-0.1, -0.05) is 24.3 Å². The van der Waals surface area contributed by atoms with Gasteiger partial charge in [0.15, 0.2) is 0 Å². The van der Waals surface area contributed by atoms with Crippen molar-refractivity contribution in [3.63, 3.8) is 0 Å². The van der Waals surface area contributed by atoms with E-state index in [0.29, 0.717) is 16.7 Å². The van der Waals surface area contributed by atoms with Crippen LogP contribution in [0.15, 0.2) is 54.9 Å². The quantitative estimate of drug-likeness (QED) is 0.692. The van der Waals surface area contributed by atoms with Crippen molar-refractivity contribution in [1.29, 1.82) is 0 Å². The number of aromatic nitrogens is 2. The molecule has 1 aromatic carbocycles. The van der Waals surface area contributed by atoms with Crippen LogP contribution in [0.5, 0.6) is 0 Å². The number of carboxylic acid groups (broad SMARTS) is 1. The number of halogens is 3. The Kier molecular flexibility index (Phi) is 4.68. The van der Waals surface area contributed by atoms with Gasteiger partial charge in [-0.3, -0.25) is 4.68 Å². The number of rotatable bonds is 4. The third-order valence-electron chi connectivity index (χ3n) is 3.04. The number of aryl methyl sites for hydroxylation is 1. The van der Waals surface area contributed by atoms with Crippen molar-refractivity contribution in [3.05, 3.63) is 71.6 Å². The largest absolute Gasteiger partial charge is 0.478 e. The van der Waals surface area contributed by atoms with Gasteiger partial charge in [0.25, 0.3) is 0 Å². The molecule has 0 spiro atoms. The zero-order valence-electron chi connectivity index (χ0n) is 12.1. The molecular weight excluding hydrogens is 309 g/mol. The molecule has 1 N–H and O–H groups in total. The molecule has 0 amide bonds. The molecule has 0 aliphatic carbocycles. The predicted molar refractivity (Wildman–Crippen MR) is 78.5 cm³/mol. The van der Waals surface area contributed by atoms with Crippen LogP contribution < -0.4 is 0 Å². The number of allylic oxidation sites excluding steroid dienone is 2. The van der Waals surface area contributed by atoms with Gasteiger partial charge in [0.2, 0.25) is 0 Å². The van der Waals surface area contributed by atoms with E-state index in [4.69, 9.17) is 5.11 Å². The van der Waals surface area contributed by atoms with Crippen molar-refractivity contribution in [3.8, 4) is 0 Å². The van der Waals surface area contributed by atoms with E-state index in [9.17, 15) is 18.0 Å². The van der Waals surface area contributed by atoms with Crippen LogP contribution in [0.25, 0.3) is 5.57 Å². The highest BCUT2D eigenvalue weighted by Gasteiger charge is 2.30. The lowest BCUT2D eigenvalue weighted by Gasteiger charge is -2.09. The number of benzene rings is 1. The first kappa shape index (κ1) is 16.5. The van der Waals surface area contributed by atoms with E-state index in [1.807, 2.05) is 0 Å². The molecule has 120 valence electrons. The van der Waals surface area contributed by atoms with E-state index >= 15 is 0 Å². The van der Waals surface area contributed by atoms with Crippen LogP contribution in [-0.4, -0.2) is 20.9 Å². The summed E-state index contributed by atoms with van der Waals surface area (Å²) < 4.78 is 39.5. The summed E-state index contributed by atoms with van der Waals surface area (Å²) in [5.74, 6) is -1.11. The van der Waals surface area contributed by atoms with Gasteiger partial charge in [-0.25, -0.2) is 4.79 Å². The molecule has 0 atom stereocenters. The van der Waals surface area contributed by atoms with Crippen LogP contribution in [0.1, 0.15) is 16.7 Å². The number of nitrogens with zero attached hydrogens (tertiary/aromatic N) is 2. The Morgan fingerprint density at radius 3 is 2.35 bits per heavy atom. The summed E-state index contributed by atoms with van der Waals surface area (Å²) in [6.07, 6.45) is 2.63. The fourth-order valence-electron chi connectivity index (χ4n) is 1.98. The van der Waals surface area contributed by atoms with Crippen molar-refractivity contribution in [1.82, 2.24) is 9.78 Å². The number of carboxylic acids is 1. The highest BCUT2D eigenvalue weighted by Crippen LogP contribution is 2.31. The molecule has 0 bridgehead atoms. The zero-order valence-corrected chi connectivity index (χ0v) is 12.1. The van der Waals surface area contributed by atoms with E-state index in [-0.39, 0.29) is 0 Å². The Bertz CT molecular complexity index is 756. The minimum absolute atomic E-state index is 0.529. The molecule has 7 heteroatoms. The van der Waals surface area contributed by atoms with E-state index in [1.54, 1.807) is 24.1 Å². The van der Waals surface area contributed by atoms with Gasteiger partial charge in [-0.2, -0.15) is 18.3 Å². The van der Waals surface area contributed by atoms with Crippen molar-refractivity contribution < 1.29 is 23.1 Å². The first-order valence-electron chi connectivity index (χ1n) is 6.55. The van der Waals surface area contributed by atoms with Crippen molar-refractivity contribution in [2.75, 3.05) is 0 Å². The first-order valence-corrected chi connectivity index (χ1v) is 6.55. The van der Waals surface area contributed by atoms with Crippen LogP contribution >= 0.6 is 0 Å². The molecule has 4 nitrogen and oxygen atoms in total. The Balaban J connectivity index is 2.43. The highest BCUT2D eigenvalue weighted by atomic mass is 19.4. The van der Waals surface area contributed by atoms with E-state index in [2.05, 4.69) is 5.10 Å². The highest BCUT2D eigenvalue weighted by molar-refractivity contribution is 5.83. The van der Waals surface area contributed by atoms with Crippen molar-refractivity contribution in [2.45, 2.75) is 6.18 Å². The SMILES string of the molecule is Cn1cc(C(=CC=CC(=O)O)c2ccc(C(F)(F)F)cc2)cn1. The monoisotopic (exact) mass is 322 g/mol. The van der Waals surface area contributed by atoms with Gasteiger partial charge < -0.3 is 5.11 Å². The van der Waals surface area contributed by atoms with Crippen LogP contribution in [0.3, 0.4) is 0 Å². The molecule has 2 rings (SSSR count). The maximum Gasteiger partial charge on any atom is 0.416 e. The van der Waals surface area contributed by atoms with E-state index in [0.717, 1.165) is 18.2 Å². The molecular formula is C16H13F3N2O2. The second-order valence-electron chi connectivity index (χ2n) is 4.76. The summed E-state index contributed by atoms with van der Waals surface area (Å²) in [5.41, 5.74) is 1.03. The summed E-state index contributed by atoms with van der Waals surface area (Å²) >= 11 is 0. The normalized spacial score (nSPS) is 12.8. The summed E-state index contributed by atoms with van der Waals surface area (Å²) in [5, 5.41) is 12.7. The van der Waals surface area contributed by atoms with Gasteiger partial charge in [-0.15, -0.1) is 0 Å². The number of alkyl halides is 3. The molecule has 0 fully saturated rings. The molecule has 0 aliphatic rings. The molecule has 0 aliphatic heterocycles. The van der Waals surface area contributed by atoms with Gasteiger partial charge >= 0.3 is 12.1 Å². The first-order chi connectivity index (χ1) is 10.8. The van der Waals surface area contributed by atoms with Crippen molar-refractivity contribution in [2.24, 2.45) is 7.05 Å². The zero-order chi connectivity index (χ0) is 17.0. The molecule has 0 saturated carbocycles. The fourth-order valence-corrected chi connectivity index (χ4v) is 1.98. The molecule has 0 radical (unpaired) electrons. The molecule has 23 heavy (non-hydrogen) atoms. The van der Waals surface area contributed by atoms with E-state index in [1.165, 1.54) is 24.3 Å². The summed E-state index contributed by atoms with van der Waals surface area (Å²) in [6.45, 7) is 0. The Labute approximate surface area is 130 Å². The number of hydrogen-bond acceptors (Lipinski definition) is 2. The van der Waals surface area contributed by atoms with Gasteiger partial charge in [0.1, 0.15) is 0 Å². The van der Waals surface area contributed by atoms with Crippen LogP contribution in [-0.2, 0) is 18.0 Å². The summed E-state index contributed by atoms with van der Waals surface area (Å²) in [6, 6.07) is 4.66. The van der Waals surface area contributed by atoms with Crippen molar-refractivity contribution >= 4 is 11.5 Å². The predicted octanol–water partition coefficient (Wildman–Crippen LogP) is 3.51. The topological polar surface area (TPSA) is 55.1 Å². The average molecular weight is 322 g/mol. The standard InChI is InChI=1S/C16H13F3N2O2/c1-21-10-12(9-20-21)14(3-2-4-15(22)23)11-5-7-13(8-6-11)16(17,18)19/h2-10H,1H3,(H,22,23). The van der Waals surface area contributed by atoms with Crippen LogP contribution in [0.4, 0.5) is 13.2 Å². The molecule has 1 heterocycles.